The average molecular weight is 216 g/mol. The summed E-state index contributed by atoms with van der Waals surface area (Å²) in [5.41, 5.74) is 0. The second kappa shape index (κ2) is 5.03. The predicted molar refractivity (Wildman–Crippen MR) is 61.6 cm³/mol. The Morgan fingerprint density at radius 2 is 1.93 bits per heavy atom. The lowest BCUT2D eigenvalue weighted by atomic mass is 10.1. The van der Waals surface area contributed by atoms with Crippen LogP contribution in [0.2, 0.25) is 0 Å². The van der Waals surface area contributed by atoms with Crippen molar-refractivity contribution in [2.24, 2.45) is 0 Å². The van der Waals surface area contributed by atoms with Crippen molar-refractivity contribution in [3.05, 3.63) is 0 Å². The summed E-state index contributed by atoms with van der Waals surface area (Å²) < 4.78 is 0. The maximum Gasteiger partial charge on any atom is 0.235 e. The van der Waals surface area contributed by atoms with Crippen molar-refractivity contribution in [1.82, 2.24) is 10.2 Å². The van der Waals surface area contributed by atoms with Crippen LogP contribution in [0.4, 0.5) is 0 Å². The number of amides is 1. The Balaban J connectivity index is 2.54. The molecule has 1 amide bonds. The number of rotatable bonds is 2. The van der Waals surface area contributed by atoms with Crippen LogP contribution in [0, 0.1) is 0 Å². The molecule has 1 N–H and O–H groups in total. The van der Waals surface area contributed by atoms with Crippen LogP contribution in [0.5, 0.6) is 0 Å². The molecule has 1 saturated heterocycles. The van der Waals surface area contributed by atoms with Crippen molar-refractivity contribution in [3.63, 3.8) is 0 Å². The molecule has 3 nitrogen and oxygen atoms in total. The Bertz CT molecular complexity index is 200. The molecule has 0 spiro atoms. The van der Waals surface area contributed by atoms with Gasteiger partial charge in [-0.1, -0.05) is 0 Å². The molecule has 1 aliphatic rings. The second-order valence-corrected chi connectivity index (χ2v) is 5.27. The molecule has 0 saturated carbocycles. The van der Waals surface area contributed by atoms with E-state index in [0.29, 0.717) is 12.1 Å². The lowest BCUT2D eigenvalue weighted by Gasteiger charge is -2.37. The molecular weight excluding hydrogens is 196 g/mol. The number of nitrogens with zero attached hydrogens (tertiary/aromatic N) is 1. The van der Waals surface area contributed by atoms with Gasteiger partial charge in [0.1, 0.15) is 0 Å². The molecule has 0 aromatic rings. The molecule has 1 aliphatic heterocycles. The summed E-state index contributed by atoms with van der Waals surface area (Å²) in [5.74, 6) is 0.276. The zero-order chi connectivity index (χ0) is 10.7. The Hall–Kier alpha value is -0.220. The maximum atomic E-state index is 11.9. The highest BCUT2D eigenvalue weighted by Gasteiger charge is 2.27. The van der Waals surface area contributed by atoms with Gasteiger partial charge in [-0.05, 0) is 27.0 Å². The molecule has 14 heavy (non-hydrogen) atoms. The first-order valence-electron chi connectivity index (χ1n) is 5.12. The Morgan fingerprint density at radius 3 is 2.36 bits per heavy atom. The van der Waals surface area contributed by atoms with Gasteiger partial charge in [-0.25, -0.2) is 0 Å². The van der Waals surface area contributed by atoms with Crippen LogP contribution >= 0.6 is 11.8 Å². The minimum absolute atomic E-state index is 0.0903. The van der Waals surface area contributed by atoms with Crippen LogP contribution < -0.4 is 5.32 Å². The number of nitrogens with one attached hydrogen (secondary N) is 1. The van der Waals surface area contributed by atoms with Crippen LogP contribution in [0.1, 0.15) is 20.8 Å². The summed E-state index contributed by atoms with van der Waals surface area (Å²) >= 11 is 1.62. The first-order chi connectivity index (χ1) is 6.54. The topological polar surface area (TPSA) is 32.3 Å². The zero-order valence-electron chi connectivity index (χ0n) is 9.41. The molecule has 0 aromatic heterocycles. The highest BCUT2D eigenvalue weighted by molar-refractivity contribution is 7.99. The van der Waals surface area contributed by atoms with E-state index in [-0.39, 0.29) is 11.2 Å². The highest BCUT2D eigenvalue weighted by Crippen LogP contribution is 2.12. The highest BCUT2D eigenvalue weighted by atomic mass is 32.2. The van der Waals surface area contributed by atoms with E-state index in [1.165, 1.54) is 0 Å². The van der Waals surface area contributed by atoms with Gasteiger partial charge < -0.3 is 10.2 Å². The van der Waals surface area contributed by atoms with E-state index in [0.717, 1.165) is 13.1 Å². The summed E-state index contributed by atoms with van der Waals surface area (Å²) in [5, 5.41) is 3.51. The number of hydrogen-bond donors (Lipinski definition) is 1. The van der Waals surface area contributed by atoms with Gasteiger partial charge >= 0.3 is 0 Å². The minimum Gasteiger partial charge on any atom is -0.339 e. The fourth-order valence-corrected chi connectivity index (χ4v) is 2.22. The number of thioether (sulfide) groups is 1. The van der Waals surface area contributed by atoms with Gasteiger partial charge in [0, 0.05) is 25.2 Å². The largest absolute Gasteiger partial charge is 0.339 e. The molecule has 0 aromatic carbocycles. The zero-order valence-corrected chi connectivity index (χ0v) is 10.2. The van der Waals surface area contributed by atoms with Crippen molar-refractivity contribution in [1.29, 1.82) is 0 Å². The standard InChI is InChI=1S/C10H20N2OS/c1-7-5-12(6-8(2)11-7)10(13)9(3)14-4/h7-9,11H,5-6H2,1-4H3. The Labute approximate surface area is 90.6 Å². The van der Waals surface area contributed by atoms with Crippen molar-refractivity contribution < 1.29 is 4.79 Å². The predicted octanol–water partition coefficient (Wildman–Crippen LogP) is 0.947. The van der Waals surface area contributed by atoms with Gasteiger partial charge in [0.05, 0.1) is 5.25 Å². The van der Waals surface area contributed by atoms with E-state index in [9.17, 15) is 4.79 Å². The van der Waals surface area contributed by atoms with E-state index in [2.05, 4.69) is 19.2 Å². The molecule has 82 valence electrons. The minimum atomic E-state index is 0.0903. The van der Waals surface area contributed by atoms with Crippen molar-refractivity contribution in [2.75, 3.05) is 19.3 Å². The summed E-state index contributed by atoms with van der Waals surface area (Å²) in [6.45, 7) is 7.91. The third kappa shape index (κ3) is 2.89. The van der Waals surface area contributed by atoms with Crippen LogP contribution in [0.25, 0.3) is 0 Å². The van der Waals surface area contributed by atoms with Gasteiger partial charge in [-0.2, -0.15) is 11.8 Å². The molecule has 0 bridgehead atoms. The first kappa shape index (κ1) is 11.9. The van der Waals surface area contributed by atoms with Crippen LogP contribution in [-0.4, -0.2) is 47.5 Å². The third-order valence-corrected chi connectivity index (χ3v) is 3.48. The smallest absolute Gasteiger partial charge is 0.235 e. The van der Waals surface area contributed by atoms with E-state index < -0.39 is 0 Å². The maximum absolute atomic E-state index is 11.9. The summed E-state index contributed by atoms with van der Waals surface area (Å²) in [7, 11) is 0. The fraction of sp³-hybridized carbons (Fsp3) is 0.900. The number of carbonyl (C=O) groups is 1. The molecule has 4 heteroatoms. The van der Waals surface area contributed by atoms with E-state index >= 15 is 0 Å². The number of piperazine rings is 1. The molecule has 3 atom stereocenters. The lowest BCUT2D eigenvalue weighted by Crippen LogP contribution is -2.57. The van der Waals surface area contributed by atoms with Crippen molar-refractivity contribution in [2.45, 2.75) is 38.1 Å². The van der Waals surface area contributed by atoms with Gasteiger partial charge in [-0.15, -0.1) is 0 Å². The molecule has 1 heterocycles. The third-order valence-electron chi connectivity index (χ3n) is 2.57. The van der Waals surface area contributed by atoms with Gasteiger partial charge in [0.15, 0.2) is 0 Å². The summed E-state index contributed by atoms with van der Waals surface area (Å²) in [4.78, 5) is 13.9. The van der Waals surface area contributed by atoms with E-state index in [1.807, 2.05) is 18.1 Å². The van der Waals surface area contributed by atoms with E-state index in [4.69, 9.17) is 0 Å². The second-order valence-electron chi connectivity index (χ2n) is 4.09. The number of carbonyl (C=O) groups excluding carboxylic acids is 1. The van der Waals surface area contributed by atoms with Crippen LogP contribution in [0.15, 0.2) is 0 Å². The Morgan fingerprint density at radius 1 is 1.43 bits per heavy atom. The van der Waals surface area contributed by atoms with Gasteiger partial charge in [-0.3, -0.25) is 4.79 Å². The number of hydrogen-bond acceptors (Lipinski definition) is 3. The Kier molecular flexibility index (Phi) is 4.26. The van der Waals surface area contributed by atoms with Crippen molar-refractivity contribution >= 4 is 17.7 Å². The normalized spacial score (nSPS) is 30.1. The lowest BCUT2D eigenvalue weighted by molar-refractivity contribution is -0.132. The molecule has 3 unspecified atom stereocenters. The molecule has 1 fully saturated rings. The van der Waals surface area contributed by atoms with Crippen LogP contribution in [0.3, 0.4) is 0 Å². The molecule has 1 rings (SSSR count). The van der Waals surface area contributed by atoms with E-state index in [1.54, 1.807) is 11.8 Å². The average Bonchev–Trinajstić information content (AvgIpc) is 2.14. The fourth-order valence-electron chi connectivity index (χ4n) is 1.86. The van der Waals surface area contributed by atoms with Crippen LogP contribution in [-0.2, 0) is 4.79 Å². The van der Waals surface area contributed by atoms with Crippen molar-refractivity contribution in [3.8, 4) is 0 Å². The quantitative estimate of drug-likeness (QED) is 0.746. The molecule has 0 aliphatic carbocycles. The molecule has 0 radical (unpaired) electrons. The SMILES string of the molecule is CSC(C)C(=O)N1CC(C)NC(C)C1. The van der Waals surface area contributed by atoms with Gasteiger partial charge in [0.25, 0.3) is 0 Å². The van der Waals surface area contributed by atoms with Gasteiger partial charge in [0.2, 0.25) is 5.91 Å². The monoisotopic (exact) mass is 216 g/mol. The summed E-state index contributed by atoms with van der Waals surface area (Å²) in [6.07, 6.45) is 1.98. The first-order valence-corrected chi connectivity index (χ1v) is 6.41. The molecular formula is C10H20N2OS. The summed E-state index contributed by atoms with van der Waals surface area (Å²) in [6, 6.07) is 0.827.